The minimum atomic E-state index is -0.394. The summed E-state index contributed by atoms with van der Waals surface area (Å²) in [7, 11) is 5.82. The van der Waals surface area contributed by atoms with Gasteiger partial charge in [-0.15, -0.1) is 0 Å². The van der Waals surface area contributed by atoms with Gasteiger partial charge in [-0.1, -0.05) is 26.7 Å². The first-order valence-corrected chi connectivity index (χ1v) is 10.7. The molecule has 7 nitrogen and oxygen atoms in total. The van der Waals surface area contributed by atoms with E-state index >= 15 is 0 Å². The van der Waals surface area contributed by atoms with E-state index in [0.29, 0.717) is 12.3 Å². The van der Waals surface area contributed by atoms with E-state index in [1.165, 1.54) is 5.56 Å². The van der Waals surface area contributed by atoms with Gasteiger partial charge < -0.3 is 15.0 Å². The van der Waals surface area contributed by atoms with E-state index in [0.717, 1.165) is 50.4 Å². The number of hydrogen-bond acceptors (Lipinski definition) is 4. The molecule has 0 atom stereocenters. The Balaban J connectivity index is 2.30. The maximum Gasteiger partial charge on any atom is 0.306 e. The lowest BCUT2D eigenvalue weighted by atomic mass is 10.1. The number of esters is 1. The van der Waals surface area contributed by atoms with Crippen LogP contribution in [0.25, 0.3) is 0 Å². The molecule has 0 aromatic carbocycles. The van der Waals surface area contributed by atoms with Gasteiger partial charge in [-0.05, 0) is 39.5 Å². The number of guanidine groups is 1. The quantitative estimate of drug-likeness (QED) is 0.276. The number of nitrogens with one attached hydrogen (secondary N) is 1. The number of rotatable bonds is 10. The fourth-order valence-electron chi connectivity index (χ4n) is 3.22. The molecule has 1 N–H and O–H groups in total. The summed E-state index contributed by atoms with van der Waals surface area (Å²) in [4.78, 5) is 18.2. The largest absolute Gasteiger partial charge is 0.460 e. The lowest BCUT2D eigenvalue weighted by Crippen LogP contribution is -2.39. The van der Waals surface area contributed by atoms with Crippen LogP contribution in [-0.4, -0.2) is 52.9 Å². The summed E-state index contributed by atoms with van der Waals surface area (Å²) in [5.41, 5.74) is 1.98. The zero-order chi connectivity index (χ0) is 22.0. The maximum absolute atomic E-state index is 11.7. The predicted octanol–water partition coefficient (Wildman–Crippen LogP) is 3.84. The van der Waals surface area contributed by atoms with E-state index in [-0.39, 0.29) is 5.97 Å². The van der Waals surface area contributed by atoms with Gasteiger partial charge in [0.25, 0.3) is 0 Å². The van der Waals surface area contributed by atoms with Gasteiger partial charge in [0.1, 0.15) is 5.60 Å². The number of unbranched alkanes of at least 4 members (excludes halogenated alkanes) is 3. The van der Waals surface area contributed by atoms with Crippen molar-refractivity contribution >= 4 is 11.9 Å². The molecule has 0 aliphatic heterocycles. The number of ether oxygens (including phenoxy) is 1. The first-order chi connectivity index (χ1) is 13.5. The third-order valence-corrected chi connectivity index (χ3v) is 4.48. The standard InChI is InChI=1S/C22H41N5O2/c1-17(2)20-18(16-27(8)25-20)15-26(7)21(23-6)24-14-12-10-9-11-13-19(28)29-22(3,4)5/h16-17H,9-15H2,1-8H3,(H,23,24). The predicted molar refractivity (Wildman–Crippen MR) is 119 cm³/mol. The average molecular weight is 408 g/mol. The Bertz CT molecular complexity index is 659. The summed E-state index contributed by atoms with van der Waals surface area (Å²) >= 11 is 0. The molecule has 29 heavy (non-hydrogen) atoms. The van der Waals surface area contributed by atoms with Crippen molar-refractivity contribution in [2.75, 3.05) is 20.6 Å². The van der Waals surface area contributed by atoms with Crippen molar-refractivity contribution in [1.29, 1.82) is 0 Å². The second-order valence-corrected chi connectivity index (χ2v) is 8.95. The third-order valence-electron chi connectivity index (χ3n) is 4.48. The van der Waals surface area contributed by atoms with Crippen molar-refractivity contribution in [3.63, 3.8) is 0 Å². The van der Waals surface area contributed by atoms with E-state index in [9.17, 15) is 4.79 Å². The minimum absolute atomic E-state index is 0.103. The first-order valence-electron chi connectivity index (χ1n) is 10.7. The van der Waals surface area contributed by atoms with Gasteiger partial charge in [0, 0.05) is 52.4 Å². The highest BCUT2D eigenvalue weighted by molar-refractivity contribution is 5.79. The Morgan fingerprint density at radius 3 is 2.52 bits per heavy atom. The van der Waals surface area contributed by atoms with Crippen molar-refractivity contribution in [1.82, 2.24) is 20.0 Å². The lowest BCUT2D eigenvalue weighted by molar-refractivity contribution is -0.154. The van der Waals surface area contributed by atoms with Crippen LogP contribution < -0.4 is 5.32 Å². The number of aromatic nitrogens is 2. The molecule has 0 aliphatic rings. The fourth-order valence-corrected chi connectivity index (χ4v) is 3.22. The molecule has 0 saturated heterocycles. The average Bonchev–Trinajstić information content (AvgIpc) is 2.96. The van der Waals surface area contributed by atoms with E-state index < -0.39 is 5.60 Å². The molecule has 166 valence electrons. The van der Waals surface area contributed by atoms with Crippen molar-refractivity contribution in [2.24, 2.45) is 12.0 Å². The second-order valence-electron chi connectivity index (χ2n) is 8.95. The molecule has 0 amide bonds. The number of carbonyl (C=O) groups excluding carboxylic acids is 1. The molecule has 1 aromatic rings. The van der Waals surface area contributed by atoms with Crippen LogP contribution in [0.5, 0.6) is 0 Å². The number of aliphatic imine (C=N–C) groups is 1. The van der Waals surface area contributed by atoms with Gasteiger partial charge >= 0.3 is 5.97 Å². The van der Waals surface area contributed by atoms with Crippen LogP contribution in [0.15, 0.2) is 11.2 Å². The summed E-state index contributed by atoms with van der Waals surface area (Å²) in [6, 6.07) is 0. The summed E-state index contributed by atoms with van der Waals surface area (Å²) < 4.78 is 7.21. The molecule has 1 aromatic heterocycles. The van der Waals surface area contributed by atoms with Crippen LogP contribution in [0.1, 0.15) is 83.9 Å². The van der Waals surface area contributed by atoms with Crippen molar-refractivity contribution in [3.8, 4) is 0 Å². The van der Waals surface area contributed by atoms with Crippen LogP contribution in [0, 0.1) is 0 Å². The van der Waals surface area contributed by atoms with Gasteiger partial charge in [0.15, 0.2) is 5.96 Å². The summed E-state index contributed by atoms with van der Waals surface area (Å²) in [6.07, 6.45) is 6.62. The van der Waals surface area contributed by atoms with E-state index in [1.807, 2.05) is 46.6 Å². The minimum Gasteiger partial charge on any atom is -0.460 e. The Morgan fingerprint density at radius 1 is 1.28 bits per heavy atom. The Labute approximate surface area is 176 Å². The highest BCUT2D eigenvalue weighted by atomic mass is 16.6. The fraction of sp³-hybridized carbons (Fsp3) is 0.773. The number of hydrogen-bond donors (Lipinski definition) is 1. The Hall–Kier alpha value is -2.05. The molecular formula is C22H41N5O2. The van der Waals surface area contributed by atoms with Crippen LogP contribution in [-0.2, 0) is 23.1 Å². The van der Waals surface area contributed by atoms with Crippen molar-refractivity contribution < 1.29 is 9.53 Å². The van der Waals surface area contributed by atoms with Crippen LogP contribution in [0.4, 0.5) is 0 Å². The smallest absolute Gasteiger partial charge is 0.306 e. The van der Waals surface area contributed by atoms with Crippen molar-refractivity contribution in [2.45, 2.75) is 84.8 Å². The Kier molecular flexibility index (Phi) is 10.2. The van der Waals surface area contributed by atoms with Gasteiger partial charge in [-0.25, -0.2) is 0 Å². The number of aryl methyl sites for hydroxylation is 1. The van der Waals surface area contributed by atoms with Gasteiger partial charge in [0.2, 0.25) is 0 Å². The summed E-state index contributed by atoms with van der Waals surface area (Å²) in [6.45, 7) is 11.7. The zero-order valence-corrected chi connectivity index (χ0v) is 19.7. The summed E-state index contributed by atoms with van der Waals surface area (Å²) in [5.74, 6) is 1.18. The molecule has 0 fully saturated rings. The second kappa shape index (κ2) is 11.8. The molecular weight excluding hydrogens is 366 g/mol. The number of nitrogens with zero attached hydrogens (tertiary/aromatic N) is 4. The SMILES string of the molecule is CN=C(NCCCCCCC(=O)OC(C)(C)C)N(C)Cc1cn(C)nc1C(C)C. The summed E-state index contributed by atoms with van der Waals surface area (Å²) in [5, 5.41) is 8.01. The molecule has 7 heteroatoms. The van der Waals surface area contributed by atoms with Crippen LogP contribution in [0.3, 0.4) is 0 Å². The Morgan fingerprint density at radius 2 is 1.93 bits per heavy atom. The van der Waals surface area contributed by atoms with Gasteiger partial charge in [0.05, 0.1) is 5.69 Å². The first kappa shape index (κ1) is 25.0. The van der Waals surface area contributed by atoms with Crippen LogP contribution in [0.2, 0.25) is 0 Å². The number of carbonyl (C=O) groups is 1. The molecule has 0 bridgehead atoms. The molecule has 0 aliphatic carbocycles. The third kappa shape index (κ3) is 9.81. The highest BCUT2D eigenvalue weighted by Gasteiger charge is 2.16. The van der Waals surface area contributed by atoms with Crippen LogP contribution >= 0.6 is 0 Å². The lowest BCUT2D eigenvalue weighted by Gasteiger charge is -2.22. The normalized spacial score (nSPS) is 12.4. The van der Waals surface area contributed by atoms with E-state index in [1.54, 1.807) is 0 Å². The topological polar surface area (TPSA) is 71.8 Å². The molecule has 0 saturated carbocycles. The zero-order valence-electron chi connectivity index (χ0n) is 19.7. The van der Waals surface area contributed by atoms with Crippen molar-refractivity contribution in [3.05, 3.63) is 17.5 Å². The molecule has 1 heterocycles. The molecule has 1 rings (SSSR count). The highest BCUT2D eigenvalue weighted by Crippen LogP contribution is 2.18. The molecule has 0 spiro atoms. The van der Waals surface area contributed by atoms with E-state index in [2.05, 4.69) is 40.4 Å². The van der Waals surface area contributed by atoms with Gasteiger partial charge in [-0.2, -0.15) is 5.10 Å². The monoisotopic (exact) mass is 407 g/mol. The molecule has 0 unspecified atom stereocenters. The maximum atomic E-state index is 11.7. The van der Waals surface area contributed by atoms with E-state index in [4.69, 9.17) is 4.74 Å². The van der Waals surface area contributed by atoms with Gasteiger partial charge in [-0.3, -0.25) is 14.5 Å². The molecule has 0 radical (unpaired) electrons.